The Morgan fingerprint density at radius 1 is 1.12 bits per heavy atom. The van der Waals surface area contributed by atoms with Crippen molar-refractivity contribution in [1.82, 2.24) is 19.5 Å². The third-order valence-corrected chi connectivity index (χ3v) is 4.31. The van der Waals surface area contributed by atoms with Crippen LogP contribution in [0.25, 0.3) is 22.2 Å². The van der Waals surface area contributed by atoms with Gasteiger partial charge in [0.2, 0.25) is 0 Å². The molecule has 5 nitrogen and oxygen atoms in total. The van der Waals surface area contributed by atoms with Crippen LogP contribution >= 0.6 is 11.6 Å². The monoisotopic (exact) mass is 336 g/mol. The molecule has 3 aromatic heterocycles. The average Bonchev–Trinajstić information content (AvgIpc) is 2.90. The number of rotatable bonds is 3. The predicted octanol–water partition coefficient (Wildman–Crippen LogP) is 3.49. The Balaban J connectivity index is 2.00. The number of pyridine rings is 1. The van der Waals surface area contributed by atoms with Gasteiger partial charge in [-0.05, 0) is 11.6 Å². The zero-order chi connectivity index (χ0) is 16.5. The Bertz CT molecular complexity index is 1060. The van der Waals surface area contributed by atoms with E-state index in [9.17, 15) is 4.79 Å². The summed E-state index contributed by atoms with van der Waals surface area (Å²) in [7, 11) is 0. The number of hydrogen-bond acceptors (Lipinski definition) is 3. The van der Waals surface area contributed by atoms with Gasteiger partial charge >= 0.3 is 0 Å². The van der Waals surface area contributed by atoms with Crippen molar-refractivity contribution < 1.29 is 0 Å². The second-order valence-electron chi connectivity index (χ2n) is 5.41. The number of hydrogen-bond donors (Lipinski definition) is 1. The number of benzene rings is 1. The van der Waals surface area contributed by atoms with E-state index in [2.05, 4.69) is 15.0 Å². The summed E-state index contributed by atoms with van der Waals surface area (Å²) in [6.45, 7) is 0.491. The Morgan fingerprint density at radius 3 is 2.71 bits per heavy atom. The van der Waals surface area contributed by atoms with E-state index in [4.69, 9.17) is 11.6 Å². The molecule has 0 unspecified atom stereocenters. The molecule has 0 amide bonds. The molecule has 0 spiro atoms. The van der Waals surface area contributed by atoms with Gasteiger partial charge in [-0.3, -0.25) is 9.78 Å². The van der Waals surface area contributed by atoms with Gasteiger partial charge in [0.15, 0.2) is 0 Å². The van der Waals surface area contributed by atoms with Gasteiger partial charge < -0.3 is 9.55 Å². The molecule has 0 aliphatic heterocycles. The number of halogens is 1. The van der Waals surface area contributed by atoms with Crippen LogP contribution in [0, 0.1) is 0 Å². The van der Waals surface area contributed by atoms with Crippen molar-refractivity contribution in [3.63, 3.8) is 0 Å². The molecule has 1 aromatic carbocycles. The smallest absolute Gasteiger partial charge is 0.275 e. The van der Waals surface area contributed by atoms with Crippen LogP contribution in [-0.4, -0.2) is 19.5 Å². The van der Waals surface area contributed by atoms with E-state index in [1.165, 1.54) is 6.33 Å². The van der Waals surface area contributed by atoms with Crippen LogP contribution in [0.15, 0.2) is 66.0 Å². The normalized spacial score (nSPS) is 11.0. The minimum atomic E-state index is -0.215. The van der Waals surface area contributed by atoms with Gasteiger partial charge in [-0.15, -0.1) is 0 Å². The van der Waals surface area contributed by atoms with Crippen molar-refractivity contribution in [2.75, 3.05) is 0 Å². The highest BCUT2D eigenvalue weighted by molar-refractivity contribution is 6.34. The molecule has 0 radical (unpaired) electrons. The third-order valence-electron chi connectivity index (χ3n) is 3.91. The van der Waals surface area contributed by atoms with E-state index in [0.717, 1.165) is 16.7 Å². The maximum Gasteiger partial charge on any atom is 0.275 e. The summed E-state index contributed by atoms with van der Waals surface area (Å²) >= 11 is 6.65. The number of aromatic nitrogens is 4. The maximum atomic E-state index is 12.4. The molecule has 0 saturated heterocycles. The first kappa shape index (κ1) is 14.7. The van der Waals surface area contributed by atoms with Crippen molar-refractivity contribution in [3.05, 3.63) is 82.3 Å². The molecule has 1 N–H and O–H groups in total. The van der Waals surface area contributed by atoms with Crippen LogP contribution in [0.3, 0.4) is 0 Å². The fourth-order valence-electron chi connectivity index (χ4n) is 2.84. The highest BCUT2D eigenvalue weighted by Crippen LogP contribution is 2.35. The molecule has 0 aliphatic carbocycles. The van der Waals surface area contributed by atoms with E-state index >= 15 is 0 Å². The van der Waals surface area contributed by atoms with Crippen molar-refractivity contribution in [2.24, 2.45) is 0 Å². The highest BCUT2D eigenvalue weighted by atomic mass is 35.5. The van der Waals surface area contributed by atoms with E-state index < -0.39 is 0 Å². The molecule has 24 heavy (non-hydrogen) atoms. The van der Waals surface area contributed by atoms with Crippen LogP contribution in [0.1, 0.15) is 5.56 Å². The molecule has 6 heteroatoms. The molecular formula is C18H13ClN4O. The molecule has 0 saturated carbocycles. The lowest BCUT2D eigenvalue weighted by atomic mass is 10.1. The van der Waals surface area contributed by atoms with E-state index in [1.54, 1.807) is 17.0 Å². The van der Waals surface area contributed by atoms with E-state index in [-0.39, 0.29) is 5.56 Å². The van der Waals surface area contributed by atoms with Crippen LogP contribution in [0.4, 0.5) is 0 Å². The number of fused-ring (bicyclic) bond motifs is 1. The summed E-state index contributed by atoms with van der Waals surface area (Å²) in [5.74, 6) is 0. The largest absolute Gasteiger partial charge is 0.321 e. The van der Waals surface area contributed by atoms with Crippen molar-refractivity contribution in [2.45, 2.75) is 6.54 Å². The summed E-state index contributed by atoms with van der Waals surface area (Å²) in [5.41, 5.74) is 3.43. The van der Waals surface area contributed by atoms with E-state index in [0.29, 0.717) is 22.7 Å². The SMILES string of the molecule is O=c1[nH]cnc2c(-c3cccnc3)c(Cl)n(Cc3ccccc3)c12. The number of nitrogens with zero attached hydrogens (tertiary/aromatic N) is 3. The molecule has 0 bridgehead atoms. The van der Waals surface area contributed by atoms with Crippen LogP contribution in [-0.2, 0) is 6.54 Å². The first-order valence-electron chi connectivity index (χ1n) is 7.45. The Hall–Kier alpha value is -2.92. The predicted molar refractivity (Wildman–Crippen MR) is 94.1 cm³/mol. The van der Waals surface area contributed by atoms with Crippen molar-refractivity contribution >= 4 is 22.6 Å². The summed E-state index contributed by atoms with van der Waals surface area (Å²) < 4.78 is 1.79. The average molecular weight is 337 g/mol. The first-order chi connectivity index (χ1) is 11.8. The van der Waals surface area contributed by atoms with Gasteiger partial charge in [0.1, 0.15) is 16.2 Å². The summed E-state index contributed by atoms with van der Waals surface area (Å²) in [6.07, 6.45) is 4.81. The summed E-state index contributed by atoms with van der Waals surface area (Å²) in [5, 5.41) is 0.478. The quantitative estimate of drug-likeness (QED) is 0.623. The third kappa shape index (κ3) is 2.39. The summed E-state index contributed by atoms with van der Waals surface area (Å²) in [4.78, 5) is 23.5. The summed E-state index contributed by atoms with van der Waals surface area (Å²) in [6, 6.07) is 13.6. The maximum absolute atomic E-state index is 12.4. The van der Waals surface area contributed by atoms with Gasteiger partial charge in [0, 0.05) is 30.1 Å². The van der Waals surface area contributed by atoms with Crippen LogP contribution < -0.4 is 5.56 Å². The fourth-order valence-corrected chi connectivity index (χ4v) is 3.18. The Kier molecular flexibility index (Phi) is 3.63. The molecule has 0 fully saturated rings. The second-order valence-corrected chi connectivity index (χ2v) is 5.77. The van der Waals surface area contributed by atoms with Gasteiger partial charge in [-0.25, -0.2) is 4.98 Å². The lowest BCUT2D eigenvalue weighted by Gasteiger charge is -2.07. The lowest BCUT2D eigenvalue weighted by molar-refractivity contribution is 0.831. The molecule has 4 aromatic rings. The number of aromatic amines is 1. The lowest BCUT2D eigenvalue weighted by Crippen LogP contribution is -2.12. The van der Waals surface area contributed by atoms with E-state index in [1.807, 2.05) is 42.5 Å². The first-order valence-corrected chi connectivity index (χ1v) is 7.83. The topological polar surface area (TPSA) is 63.6 Å². The van der Waals surface area contributed by atoms with Crippen molar-refractivity contribution in [3.8, 4) is 11.1 Å². The minimum Gasteiger partial charge on any atom is -0.321 e. The van der Waals surface area contributed by atoms with Crippen LogP contribution in [0.2, 0.25) is 5.15 Å². The fraction of sp³-hybridized carbons (Fsp3) is 0.0556. The standard InChI is InChI=1S/C18H13ClN4O/c19-17-14(13-7-4-8-20-9-13)15-16(18(24)22-11-21-15)23(17)10-12-5-2-1-3-6-12/h1-9,11H,10H2,(H,21,22,24). The molecule has 118 valence electrons. The van der Waals surface area contributed by atoms with Gasteiger partial charge in [0.25, 0.3) is 5.56 Å². The van der Waals surface area contributed by atoms with Gasteiger partial charge in [-0.1, -0.05) is 48.0 Å². The Labute approximate surface area is 142 Å². The zero-order valence-electron chi connectivity index (χ0n) is 12.6. The zero-order valence-corrected chi connectivity index (χ0v) is 13.4. The molecule has 0 atom stereocenters. The minimum absolute atomic E-state index is 0.215. The Morgan fingerprint density at radius 2 is 1.96 bits per heavy atom. The number of H-pyrrole nitrogens is 1. The molecule has 4 rings (SSSR count). The second kappa shape index (κ2) is 5.94. The number of nitrogens with one attached hydrogen (secondary N) is 1. The molecule has 3 heterocycles. The van der Waals surface area contributed by atoms with Gasteiger partial charge in [0.05, 0.1) is 6.33 Å². The molecule has 0 aliphatic rings. The molecular weight excluding hydrogens is 324 g/mol. The van der Waals surface area contributed by atoms with Gasteiger partial charge in [-0.2, -0.15) is 0 Å². The van der Waals surface area contributed by atoms with Crippen LogP contribution in [0.5, 0.6) is 0 Å². The highest BCUT2D eigenvalue weighted by Gasteiger charge is 2.20. The van der Waals surface area contributed by atoms with Crippen molar-refractivity contribution in [1.29, 1.82) is 0 Å².